The minimum absolute atomic E-state index is 0.367. The summed E-state index contributed by atoms with van der Waals surface area (Å²) in [6.07, 6.45) is -4.11. The summed E-state index contributed by atoms with van der Waals surface area (Å²) in [5, 5.41) is 0. The van der Waals surface area contributed by atoms with E-state index in [9.17, 15) is 27.6 Å². The fraction of sp³-hybridized carbons (Fsp3) is 0.214. The van der Waals surface area contributed by atoms with Crippen LogP contribution >= 0.6 is 27.3 Å². The van der Waals surface area contributed by atoms with Gasteiger partial charge in [0.15, 0.2) is 6.61 Å². The van der Waals surface area contributed by atoms with Crippen LogP contribution in [0.15, 0.2) is 39.0 Å². The molecule has 0 aliphatic heterocycles. The van der Waals surface area contributed by atoms with Gasteiger partial charge in [0, 0.05) is 12.3 Å². The van der Waals surface area contributed by atoms with Crippen LogP contribution in [0.25, 0.3) is 0 Å². The molecule has 24 heavy (non-hydrogen) atoms. The van der Waals surface area contributed by atoms with Crippen molar-refractivity contribution in [1.82, 2.24) is 4.57 Å². The molecule has 5 nitrogen and oxygen atoms in total. The van der Waals surface area contributed by atoms with Gasteiger partial charge < -0.3 is 9.30 Å². The number of esters is 1. The molecule has 0 aliphatic rings. The van der Waals surface area contributed by atoms with Crippen molar-refractivity contribution < 1.29 is 27.5 Å². The number of halogens is 4. The smallest absolute Gasteiger partial charge is 0.417 e. The highest BCUT2D eigenvalue weighted by Gasteiger charge is 2.31. The lowest BCUT2D eigenvalue weighted by atomic mass is 10.3. The number of pyridine rings is 1. The molecule has 0 aliphatic carbocycles. The van der Waals surface area contributed by atoms with Crippen LogP contribution in [0.1, 0.15) is 15.2 Å². The summed E-state index contributed by atoms with van der Waals surface area (Å²) in [5.41, 5.74) is -1.84. The largest absolute Gasteiger partial charge is 0.456 e. The zero-order valence-corrected chi connectivity index (χ0v) is 14.2. The molecular weight excluding hydrogens is 415 g/mol. The molecule has 0 amide bonds. The number of ether oxygens (including phenoxy) is 1. The molecule has 0 fully saturated rings. The molecule has 0 atom stereocenters. The highest BCUT2D eigenvalue weighted by molar-refractivity contribution is 9.11. The van der Waals surface area contributed by atoms with Crippen molar-refractivity contribution in [2.45, 2.75) is 12.7 Å². The number of alkyl halides is 3. The van der Waals surface area contributed by atoms with Crippen molar-refractivity contribution in [3.05, 3.63) is 55.0 Å². The first kappa shape index (κ1) is 18.4. The van der Waals surface area contributed by atoms with Crippen LogP contribution < -0.4 is 5.56 Å². The number of hydrogen-bond acceptors (Lipinski definition) is 5. The van der Waals surface area contributed by atoms with Crippen LogP contribution in [0.5, 0.6) is 0 Å². The summed E-state index contributed by atoms with van der Waals surface area (Å²) in [6, 6.07) is 4.54. The highest BCUT2D eigenvalue weighted by Crippen LogP contribution is 2.28. The van der Waals surface area contributed by atoms with E-state index in [2.05, 4.69) is 15.9 Å². The predicted molar refractivity (Wildman–Crippen MR) is 83.0 cm³/mol. The van der Waals surface area contributed by atoms with E-state index in [1.165, 1.54) is 0 Å². The number of Topliss-reactive ketones (excluding diaryl/α,β-unsaturated/α-hetero) is 1. The summed E-state index contributed by atoms with van der Waals surface area (Å²) in [6.45, 7) is -1.27. The topological polar surface area (TPSA) is 65.4 Å². The molecule has 2 rings (SSSR count). The van der Waals surface area contributed by atoms with Gasteiger partial charge in [-0.25, -0.2) is 0 Å². The van der Waals surface area contributed by atoms with E-state index in [-0.39, 0.29) is 0 Å². The van der Waals surface area contributed by atoms with Gasteiger partial charge in [-0.1, -0.05) is 0 Å². The van der Waals surface area contributed by atoms with Gasteiger partial charge in [0.05, 0.1) is 14.2 Å². The molecule has 0 saturated heterocycles. The molecule has 10 heteroatoms. The quantitative estimate of drug-likeness (QED) is 0.547. The van der Waals surface area contributed by atoms with Crippen LogP contribution in [0.3, 0.4) is 0 Å². The summed E-state index contributed by atoms with van der Waals surface area (Å²) in [5.74, 6) is -1.43. The van der Waals surface area contributed by atoms with Crippen LogP contribution in [0, 0.1) is 0 Å². The molecule has 0 unspecified atom stereocenters. The van der Waals surface area contributed by atoms with Crippen molar-refractivity contribution in [2.24, 2.45) is 0 Å². The van der Waals surface area contributed by atoms with Crippen molar-refractivity contribution in [3.63, 3.8) is 0 Å². The average Bonchev–Trinajstić information content (AvgIpc) is 2.92. The second-order valence-electron chi connectivity index (χ2n) is 4.57. The molecule has 0 N–H and O–H groups in total. The van der Waals surface area contributed by atoms with E-state index >= 15 is 0 Å². The van der Waals surface area contributed by atoms with Gasteiger partial charge in [-0.05, 0) is 34.1 Å². The lowest BCUT2D eigenvalue weighted by Gasteiger charge is -2.10. The van der Waals surface area contributed by atoms with E-state index in [0.717, 1.165) is 15.1 Å². The van der Waals surface area contributed by atoms with Crippen LogP contribution in [-0.2, 0) is 22.3 Å². The number of nitrogens with zero attached hydrogens (tertiary/aromatic N) is 1. The Kier molecular flexibility index (Phi) is 5.60. The Morgan fingerprint density at radius 2 is 1.92 bits per heavy atom. The van der Waals surface area contributed by atoms with E-state index in [4.69, 9.17) is 4.74 Å². The Bertz CT molecular complexity index is 828. The summed E-state index contributed by atoms with van der Waals surface area (Å²) >= 11 is 4.34. The molecule has 0 radical (unpaired) electrons. The fourth-order valence-corrected chi connectivity index (χ4v) is 3.00. The first-order valence-electron chi connectivity index (χ1n) is 6.38. The van der Waals surface area contributed by atoms with E-state index in [1.807, 2.05) is 0 Å². The Labute approximate surface area is 145 Å². The lowest BCUT2D eigenvalue weighted by molar-refractivity contribution is -0.144. The fourth-order valence-electron chi connectivity index (χ4n) is 1.69. The number of rotatable bonds is 5. The zero-order valence-electron chi connectivity index (χ0n) is 11.8. The Balaban J connectivity index is 2.00. The van der Waals surface area contributed by atoms with Gasteiger partial charge in [-0.15, -0.1) is 11.3 Å². The lowest BCUT2D eigenvalue weighted by Crippen LogP contribution is -2.27. The number of thiophene rings is 1. The molecule has 128 valence electrons. The summed E-state index contributed by atoms with van der Waals surface area (Å²) < 4.78 is 43.8. The third-order valence-corrected chi connectivity index (χ3v) is 4.49. The monoisotopic (exact) mass is 423 g/mol. The summed E-state index contributed by atoms with van der Waals surface area (Å²) in [4.78, 5) is 35.3. The van der Waals surface area contributed by atoms with Gasteiger partial charge in [-0.3, -0.25) is 14.4 Å². The maximum Gasteiger partial charge on any atom is 0.417 e. The Morgan fingerprint density at radius 1 is 1.21 bits per heavy atom. The predicted octanol–water partition coefficient (Wildman–Crippen LogP) is 3.12. The Hall–Kier alpha value is -1.94. The third-order valence-electron chi connectivity index (χ3n) is 2.82. The number of carbonyl (C=O) groups is 2. The number of ketones is 1. The van der Waals surface area contributed by atoms with Crippen LogP contribution in [0.2, 0.25) is 0 Å². The maximum atomic E-state index is 12.6. The normalized spacial score (nSPS) is 11.3. The molecule has 2 aromatic heterocycles. The minimum atomic E-state index is -4.64. The third kappa shape index (κ3) is 4.78. The van der Waals surface area contributed by atoms with Gasteiger partial charge in [0.2, 0.25) is 5.78 Å². The van der Waals surface area contributed by atoms with Crippen LogP contribution in [0.4, 0.5) is 13.2 Å². The minimum Gasteiger partial charge on any atom is -0.456 e. The van der Waals surface area contributed by atoms with Gasteiger partial charge in [0.1, 0.15) is 6.54 Å². The van der Waals surface area contributed by atoms with Crippen molar-refractivity contribution in [1.29, 1.82) is 0 Å². The SMILES string of the molecule is O=C(Cn1cc(C(F)(F)F)ccc1=O)OCC(=O)c1ccc(Br)s1. The van der Waals surface area contributed by atoms with E-state index in [1.54, 1.807) is 12.1 Å². The Morgan fingerprint density at radius 3 is 2.50 bits per heavy atom. The standard InChI is InChI=1S/C14H9BrF3NO4S/c15-11-3-2-10(24-11)9(20)7-23-13(22)6-19-5-8(14(16,17)18)1-4-12(19)21/h1-5H,6-7H2. The molecule has 2 heterocycles. The van der Waals surface area contributed by atoms with Crippen molar-refractivity contribution in [2.75, 3.05) is 6.61 Å². The average molecular weight is 424 g/mol. The molecule has 0 spiro atoms. The molecular formula is C14H9BrF3NO4S. The molecule has 0 aromatic carbocycles. The zero-order chi connectivity index (χ0) is 17.9. The molecule has 0 bridgehead atoms. The second kappa shape index (κ2) is 7.31. The molecule has 2 aromatic rings. The summed E-state index contributed by atoms with van der Waals surface area (Å²) in [7, 11) is 0. The first-order chi connectivity index (χ1) is 11.2. The van der Waals surface area contributed by atoms with Gasteiger partial charge in [0.25, 0.3) is 5.56 Å². The van der Waals surface area contributed by atoms with Crippen molar-refractivity contribution >= 4 is 39.0 Å². The van der Waals surface area contributed by atoms with Crippen molar-refractivity contribution in [3.8, 4) is 0 Å². The molecule has 0 saturated carbocycles. The number of carbonyl (C=O) groups excluding carboxylic acids is 2. The van der Waals surface area contributed by atoms with E-state index in [0.29, 0.717) is 27.8 Å². The first-order valence-corrected chi connectivity index (χ1v) is 7.99. The number of aromatic nitrogens is 1. The van der Waals surface area contributed by atoms with Gasteiger partial charge in [-0.2, -0.15) is 13.2 Å². The van der Waals surface area contributed by atoms with Gasteiger partial charge >= 0.3 is 12.1 Å². The van der Waals surface area contributed by atoms with E-state index < -0.39 is 42.2 Å². The maximum absolute atomic E-state index is 12.6. The second-order valence-corrected chi connectivity index (χ2v) is 7.03. The highest BCUT2D eigenvalue weighted by atomic mass is 79.9. The number of hydrogen-bond donors (Lipinski definition) is 0. The van der Waals surface area contributed by atoms with Crippen LogP contribution in [-0.4, -0.2) is 22.9 Å².